The number of hydrogen-bond donors (Lipinski definition) is 0. The molecule has 16 aliphatic rings. The average molecular weight is 1420 g/mol. The van der Waals surface area contributed by atoms with Crippen molar-refractivity contribution in [3.05, 3.63) is 252 Å². The van der Waals surface area contributed by atoms with Crippen molar-refractivity contribution in [2.45, 2.75) is 203 Å². The van der Waals surface area contributed by atoms with Crippen molar-refractivity contribution < 1.29 is 0 Å². The molecule has 16 bridgehead atoms. The Labute approximate surface area is 638 Å². The Morgan fingerprint density at radius 1 is 0.231 bits per heavy atom. The first kappa shape index (κ1) is 64.0. The van der Waals surface area contributed by atoms with Crippen LogP contribution >= 0.6 is 0 Å². The average Bonchev–Trinajstić information content (AvgIpc) is 1.19. The van der Waals surface area contributed by atoms with Crippen LogP contribution in [-0.4, -0.2) is 18.7 Å². The quantitative estimate of drug-likeness (QED) is 0.0903. The number of aryl methyl sites for hydroxylation is 4. The molecule has 4 heterocycles. The van der Waals surface area contributed by atoms with Gasteiger partial charge in [-0.1, -0.05) is 72.8 Å². The lowest BCUT2D eigenvalue weighted by molar-refractivity contribution is -0.00530. The standard InChI is InChI=1S/C100H106N8/c1-63-9-5-33-101(63)105(83-21-13-79(14-22-83)97-51-67-37-68(52-97)39-69(38-67)53-97)91-49-92(106(102-34-6-10-64(102)2)84-23-15-80(16-24-84)98-54-70-40-71(55-98)42-72(41-70)56-98)88-31-32-90-94(108(104-36-8-12-66(104)4)86-27-19-82(20-28-86)100-60-76-46-77(61-100)48-78(47-76)62-100)50-93(89-30-29-87(91)95(88)96(89)90)107(103-35-7-11-65(103)3)85-25-17-81(18-26-85)99-57-73-43-74(58-99)45-75(44-73)59-99/h5-36,49-50,67-78H,37-48,51-62H2,1-4H3. The summed E-state index contributed by atoms with van der Waals surface area (Å²) in [6.07, 6.45) is 42.8. The second-order valence-electron chi connectivity index (χ2n) is 39.1. The van der Waals surface area contributed by atoms with Gasteiger partial charge >= 0.3 is 0 Å². The van der Waals surface area contributed by atoms with Gasteiger partial charge in [-0.3, -0.25) is 18.7 Å². The fourth-order valence-corrected chi connectivity index (χ4v) is 29.5. The van der Waals surface area contributed by atoms with E-state index in [-0.39, 0.29) is 21.7 Å². The maximum Gasteiger partial charge on any atom is 0.0737 e. The second kappa shape index (κ2) is 23.3. The van der Waals surface area contributed by atoms with Crippen LogP contribution in [0.25, 0.3) is 32.3 Å². The molecule has 16 fully saturated rings. The molecule has 0 atom stereocenters. The first-order valence-electron chi connectivity index (χ1n) is 42.8. The van der Waals surface area contributed by atoms with Gasteiger partial charge in [-0.25, -0.2) is 20.0 Å². The van der Waals surface area contributed by atoms with Gasteiger partial charge in [0.25, 0.3) is 0 Å². The highest BCUT2D eigenvalue weighted by atomic mass is 15.6. The second-order valence-corrected chi connectivity index (χ2v) is 39.1. The van der Waals surface area contributed by atoms with E-state index in [1.165, 1.54) is 232 Å². The highest BCUT2D eigenvalue weighted by Crippen LogP contribution is 2.66. The summed E-state index contributed by atoms with van der Waals surface area (Å²) in [6, 6.07) is 74.2. The number of hydrogen-bond acceptors (Lipinski definition) is 4. The SMILES string of the molecule is Cc1cccn1N(c1ccc(C23CC4CC(CC(C4)C2)C3)cc1)c1cc(N(c2ccc(C34CC5CC(CC(C5)C3)C4)cc2)n2cccc2C)c2ccc3c(N(c4ccc(C56CC7CC(CC(C7)C5)C6)cc4)n4cccc4C)cc(N(c4ccc(C56CC7CC(CC(C7)C5)C6)cc4)n4cccc4C)c4ccc1c2c43. The third-order valence-corrected chi connectivity index (χ3v) is 32.3. The molecule has 0 saturated heterocycles. The van der Waals surface area contributed by atoms with E-state index >= 15 is 0 Å². The molecule has 0 spiro atoms. The van der Waals surface area contributed by atoms with Crippen LogP contribution in [0.4, 0.5) is 45.5 Å². The van der Waals surface area contributed by atoms with Crippen molar-refractivity contribution >= 4 is 77.8 Å². The zero-order chi connectivity index (χ0) is 71.3. The first-order chi connectivity index (χ1) is 52.8. The van der Waals surface area contributed by atoms with Gasteiger partial charge in [0.05, 0.1) is 45.5 Å². The Balaban J connectivity index is 0.767. The van der Waals surface area contributed by atoms with Crippen molar-refractivity contribution in [2.24, 2.45) is 71.0 Å². The summed E-state index contributed by atoms with van der Waals surface area (Å²) in [7, 11) is 0. The summed E-state index contributed by atoms with van der Waals surface area (Å²) in [6.45, 7) is 9.20. The van der Waals surface area contributed by atoms with Crippen LogP contribution in [0.5, 0.6) is 0 Å². The molecule has 16 aliphatic carbocycles. The van der Waals surface area contributed by atoms with Crippen molar-refractivity contribution in [1.82, 2.24) is 18.7 Å². The Hall–Kier alpha value is -8.88. The van der Waals surface area contributed by atoms with Crippen LogP contribution < -0.4 is 20.0 Å². The zero-order valence-electron chi connectivity index (χ0n) is 64.1. The van der Waals surface area contributed by atoms with E-state index in [1.807, 2.05) is 0 Å². The molecular formula is C100H106N8. The zero-order valence-corrected chi connectivity index (χ0v) is 64.1. The van der Waals surface area contributed by atoms with Crippen LogP contribution in [-0.2, 0) is 21.7 Å². The van der Waals surface area contributed by atoms with Crippen LogP contribution in [0.1, 0.15) is 199 Å². The molecule has 0 N–H and O–H groups in total. The Morgan fingerprint density at radius 2 is 0.407 bits per heavy atom. The summed E-state index contributed by atoms with van der Waals surface area (Å²) >= 11 is 0. The monoisotopic (exact) mass is 1420 g/mol. The summed E-state index contributed by atoms with van der Waals surface area (Å²) in [5.41, 5.74) is 21.4. The predicted octanol–water partition coefficient (Wildman–Crippen LogP) is 25.3. The lowest BCUT2D eigenvalue weighted by Crippen LogP contribution is -2.48. The Morgan fingerprint density at radius 3 is 0.565 bits per heavy atom. The normalized spacial score (nSPS) is 32.1. The predicted molar refractivity (Wildman–Crippen MR) is 442 cm³/mol. The molecule has 28 rings (SSSR count). The number of nitrogens with zero attached hydrogens (tertiary/aromatic N) is 8. The first-order valence-corrected chi connectivity index (χ1v) is 42.8. The third kappa shape index (κ3) is 9.64. The van der Waals surface area contributed by atoms with Gasteiger partial charge in [0.2, 0.25) is 0 Å². The molecule has 0 amide bonds. The minimum atomic E-state index is 0.282. The number of benzene rings is 8. The molecule has 0 unspecified atom stereocenters. The highest BCUT2D eigenvalue weighted by molar-refractivity contribution is 6.32. The number of rotatable bonds is 16. The summed E-state index contributed by atoms with van der Waals surface area (Å²) in [5, 5.41) is 17.8. The van der Waals surface area contributed by atoms with E-state index in [4.69, 9.17) is 0 Å². The maximum absolute atomic E-state index is 2.59. The fourth-order valence-electron chi connectivity index (χ4n) is 29.5. The van der Waals surface area contributed by atoms with Crippen molar-refractivity contribution in [3.8, 4) is 0 Å². The van der Waals surface area contributed by atoms with Gasteiger partial charge in [0, 0.05) is 79.9 Å². The molecule has 0 aliphatic heterocycles. The molecule has 8 nitrogen and oxygen atoms in total. The Kier molecular flexibility index (Phi) is 13.8. The van der Waals surface area contributed by atoms with Gasteiger partial charge in [0.15, 0.2) is 0 Å². The molecule has 108 heavy (non-hydrogen) atoms. The van der Waals surface area contributed by atoms with Crippen LogP contribution in [0.15, 0.2) is 207 Å². The summed E-state index contributed by atoms with van der Waals surface area (Å²) in [5.74, 6) is 10.5. The van der Waals surface area contributed by atoms with Gasteiger partial charge in [-0.2, -0.15) is 0 Å². The van der Waals surface area contributed by atoms with E-state index < -0.39 is 0 Å². The van der Waals surface area contributed by atoms with E-state index in [0.29, 0.717) is 0 Å². The topological polar surface area (TPSA) is 32.7 Å². The molecular weight excluding hydrogens is 1310 g/mol. The molecule has 16 saturated carbocycles. The van der Waals surface area contributed by atoms with Crippen LogP contribution in [0, 0.1) is 98.7 Å². The van der Waals surface area contributed by atoms with Gasteiger partial charge in [0.1, 0.15) is 0 Å². The van der Waals surface area contributed by atoms with Crippen molar-refractivity contribution in [1.29, 1.82) is 0 Å². The third-order valence-electron chi connectivity index (χ3n) is 32.3. The van der Waals surface area contributed by atoms with E-state index in [1.54, 1.807) is 22.3 Å². The molecule has 8 heteroatoms. The van der Waals surface area contributed by atoms with Gasteiger partial charge in [-0.15, -0.1) is 0 Å². The maximum atomic E-state index is 2.59. The van der Waals surface area contributed by atoms with Gasteiger partial charge in [-0.05, 0) is 406 Å². The molecule has 8 aromatic carbocycles. The van der Waals surface area contributed by atoms with E-state index in [2.05, 4.69) is 273 Å². The smallest absolute Gasteiger partial charge is 0.0737 e. The minimum Gasteiger partial charge on any atom is -0.261 e. The highest BCUT2D eigenvalue weighted by Gasteiger charge is 2.56. The molecule has 4 aromatic heterocycles. The largest absolute Gasteiger partial charge is 0.261 e. The minimum absolute atomic E-state index is 0.282. The van der Waals surface area contributed by atoms with Crippen molar-refractivity contribution in [2.75, 3.05) is 20.0 Å². The molecule has 12 aromatic rings. The number of aromatic nitrogens is 4. The van der Waals surface area contributed by atoms with Crippen molar-refractivity contribution in [3.63, 3.8) is 0 Å². The Bertz CT molecular complexity index is 4700. The van der Waals surface area contributed by atoms with E-state index in [9.17, 15) is 0 Å². The molecule has 546 valence electrons. The lowest BCUT2D eigenvalue weighted by Gasteiger charge is -2.57. The summed E-state index contributed by atoms with van der Waals surface area (Å²) < 4.78 is 9.80. The fraction of sp³-hybridized carbons (Fsp3) is 0.440. The number of anilines is 8. The van der Waals surface area contributed by atoms with Crippen LogP contribution in [0.3, 0.4) is 0 Å². The van der Waals surface area contributed by atoms with Gasteiger partial charge < -0.3 is 0 Å². The summed E-state index contributed by atoms with van der Waals surface area (Å²) in [4.78, 5) is 0. The molecule has 0 radical (unpaired) electrons. The lowest BCUT2D eigenvalue weighted by atomic mass is 9.48. The van der Waals surface area contributed by atoms with E-state index in [0.717, 1.165) is 93.8 Å². The van der Waals surface area contributed by atoms with Crippen LogP contribution in [0.2, 0.25) is 0 Å².